The van der Waals surface area contributed by atoms with Crippen molar-refractivity contribution in [2.24, 2.45) is 0 Å². The number of hydrogen-bond acceptors (Lipinski definition) is 2. The number of methoxy groups -OCH3 is 1. The van der Waals surface area contributed by atoms with Crippen LogP contribution in [0.3, 0.4) is 0 Å². The number of esters is 1. The summed E-state index contributed by atoms with van der Waals surface area (Å²) >= 11 is 0. The molecular weight excluding hydrogens is 176 g/mol. The largest absolute Gasteiger partial charge is 0.469 e. The van der Waals surface area contributed by atoms with Crippen molar-refractivity contribution >= 4 is 5.97 Å². The maximum absolute atomic E-state index is 10.8. The average molecular weight is 192 g/mol. The molecule has 0 radical (unpaired) electrons. The first-order valence-electron chi connectivity index (χ1n) is 4.84. The third-order valence-corrected chi connectivity index (χ3v) is 2.16. The average Bonchev–Trinajstić information content (AvgIpc) is 2.17. The van der Waals surface area contributed by atoms with Gasteiger partial charge in [0.25, 0.3) is 0 Å². The monoisotopic (exact) mass is 192 g/mol. The fourth-order valence-corrected chi connectivity index (χ4v) is 1.41. The van der Waals surface area contributed by atoms with Crippen LogP contribution in [0.5, 0.6) is 0 Å². The van der Waals surface area contributed by atoms with Crippen molar-refractivity contribution in [2.45, 2.75) is 26.2 Å². The van der Waals surface area contributed by atoms with Gasteiger partial charge in [-0.1, -0.05) is 29.8 Å². The summed E-state index contributed by atoms with van der Waals surface area (Å²) in [5, 5.41) is 0. The Balaban J connectivity index is 2.35. The summed E-state index contributed by atoms with van der Waals surface area (Å²) in [5.74, 6) is -0.127. The molecule has 0 saturated carbocycles. The Labute approximate surface area is 84.9 Å². The molecule has 0 aliphatic rings. The van der Waals surface area contributed by atoms with E-state index in [0.29, 0.717) is 6.42 Å². The van der Waals surface area contributed by atoms with Crippen molar-refractivity contribution in [1.82, 2.24) is 0 Å². The molecular formula is C12H16O2. The summed E-state index contributed by atoms with van der Waals surface area (Å²) in [6, 6.07) is 8.36. The van der Waals surface area contributed by atoms with E-state index >= 15 is 0 Å². The molecule has 1 aromatic carbocycles. The molecule has 1 rings (SSSR count). The first-order valence-corrected chi connectivity index (χ1v) is 4.84. The van der Waals surface area contributed by atoms with E-state index in [1.54, 1.807) is 0 Å². The van der Waals surface area contributed by atoms with Gasteiger partial charge in [-0.3, -0.25) is 4.79 Å². The second-order valence-electron chi connectivity index (χ2n) is 3.42. The second kappa shape index (κ2) is 5.43. The minimum atomic E-state index is -0.127. The fourth-order valence-electron chi connectivity index (χ4n) is 1.41. The van der Waals surface area contributed by atoms with Crippen molar-refractivity contribution in [1.29, 1.82) is 0 Å². The maximum Gasteiger partial charge on any atom is 0.305 e. The lowest BCUT2D eigenvalue weighted by atomic mass is 10.1. The highest BCUT2D eigenvalue weighted by Gasteiger charge is 2.00. The van der Waals surface area contributed by atoms with E-state index in [4.69, 9.17) is 0 Å². The molecule has 76 valence electrons. The Bertz CT molecular complexity index is 305. The Hall–Kier alpha value is -1.31. The first kappa shape index (κ1) is 10.8. The molecule has 0 aliphatic carbocycles. The lowest BCUT2D eigenvalue weighted by molar-refractivity contribution is -0.140. The van der Waals surface area contributed by atoms with Gasteiger partial charge < -0.3 is 4.74 Å². The van der Waals surface area contributed by atoms with Crippen LogP contribution in [0.2, 0.25) is 0 Å². The predicted octanol–water partition coefficient (Wildman–Crippen LogP) is 2.49. The van der Waals surface area contributed by atoms with E-state index in [1.165, 1.54) is 18.2 Å². The molecule has 2 heteroatoms. The van der Waals surface area contributed by atoms with Gasteiger partial charge in [0.1, 0.15) is 0 Å². The van der Waals surface area contributed by atoms with E-state index in [0.717, 1.165) is 12.8 Å². The quantitative estimate of drug-likeness (QED) is 0.685. The lowest BCUT2D eigenvalue weighted by Crippen LogP contribution is -2.00. The summed E-state index contributed by atoms with van der Waals surface area (Å²) in [6.07, 6.45) is 2.30. The number of ether oxygens (including phenoxy) is 1. The van der Waals surface area contributed by atoms with Crippen LogP contribution in [0.1, 0.15) is 24.0 Å². The molecule has 0 atom stereocenters. The Morgan fingerprint density at radius 1 is 1.43 bits per heavy atom. The van der Waals surface area contributed by atoms with Crippen molar-refractivity contribution in [3.8, 4) is 0 Å². The minimum Gasteiger partial charge on any atom is -0.469 e. The Morgan fingerprint density at radius 2 is 2.21 bits per heavy atom. The number of benzene rings is 1. The summed E-state index contributed by atoms with van der Waals surface area (Å²) < 4.78 is 4.57. The van der Waals surface area contributed by atoms with Crippen LogP contribution in [0.15, 0.2) is 24.3 Å². The van der Waals surface area contributed by atoms with Gasteiger partial charge in [-0.2, -0.15) is 0 Å². The van der Waals surface area contributed by atoms with Crippen LogP contribution >= 0.6 is 0 Å². The van der Waals surface area contributed by atoms with E-state index in [1.807, 2.05) is 6.07 Å². The second-order valence-corrected chi connectivity index (χ2v) is 3.42. The highest BCUT2D eigenvalue weighted by atomic mass is 16.5. The van der Waals surface area contributed by atoms with Crippen LogP contribution in [0, 0.1) is 6.92 Å². The molecule has 0 aromatic heterocycles. The maximum atomic E-state index is 10.8. The van der Waals surface area contributed by atoms with Gasteiger partial charge in [0, 0.05) is 6.42 Å². The van der Waals surface area contributed by atoms with Crippen LogP contribution < -0.4 is 0 Å². The van der Waals surface area contributed by atoms with Gasteiger partial charge in [0.2, 0.25) is 0 Å². The van der Waals surface area contributed by atoms with Gasteiger partial charge in [-0.05, 0) is 25.3 Å². The smallest absolute Gasteiger partial charge is 0.305 e. The number of carbonyl (C=O) groups is 1. The summed E-state index contributed by atoms with van der Waals surface area (Å²) in [5.41, 5.74) is 2.55. The number of rotatable bonds is 4. The molecule has 0 amide bonds. The van der Waals surface area contributed by atoms with Gasteiger partial charge in [0.05, 0.1) is 7.11 Å². The van der Waals surface area contributed by atoms with Gasteiger partial charge in [-0.25, -0.2) is 0 Å². The van der Waals surface area contributed by atoms with Crippen molar-refractivity contribution in [3.63, 3.8) is 0 Å². The molecule has 0 saturated heterocycles. The van der Waals surface area contributed by atoms with Gasteiger partial charge >= 0.3 is 5.97 Å². The zero-order chi connectivity index (χ0) is 10.4. The van der Waals surface area contributed by atoms with E-state index in [9.17, 15) is 4.79 Å². The number of hydrogen-bond donors (Lipinski definition) is 0. The topological polar surface area (TPSA) is 26.3 Å². The van der Waals surface area contributed by atoms with E-state index in [-0.39, 0.29) is 5.97 Å². The van der Waals surface area contributed by atoms with E-state index in [2.05, 4.69) is 29.9 Å². The van der Waals surface area contributed by atoms with Gasteiger partial charge in [0.15, 0.2) is 0 Å². The minimum absolute atomic E-state index is 0.127. The molecule has 0 heterocycles. The zero-order valence-electron chi connectivity index (χ0n) is 8.75. The molecule has 0 fully saturated rings. The molecule has 0 bridgehead atoms. The normalized spacial score (nSPS) is 9.86. The van der Waals surface area contributed by atoms with Crippen molar-refractivity contribution in [3.05, 3.63) is 35.4 Å². The highest BCUT2D eigenvalue weighted by molar-refractivity contribution is 5.69. The first-order chi connectivity index (χ1) is 6.72. The fraction of sp³-hybridized carbons (Fsp3) is 0.417. The number of aryl methyl sites for hydroxylation is 2. The van der Waals surface area contributed by atoms with E-state index < -0.39 is 0 Å². The summed E-state index contributed by atoms with van der Waals surface area (Å²) in [6.45, 7) is 2.07. The molecule has 0 unspecified atom stereocenters. The van der Waals surface area contributed by atoms with Gasteiger partial charge in [-0.15, -0.1) is 0 Å². The van der Waals surface area contributed by atoms with Crippen LogP contribution in [0.4, 0.5) is 0 Å². The van der Waals surface area contributed by atoms with Crippen LogP contribution in [0.25, 0.3) is 0 Å². The highest BCUT2D eigenvalue weighted by Crippen LogP contribution is 2.07. The van der Waals surface area contributed by atoms with Crippen LogP contribution in [-0.2, 0) is 16.0 Å². The molecule has 0 spiro atoms. The number of carbonyl (C=O) groups excluding carboxylic acids is 1. The Morgan fingerprint density at radius 3 is 2.86 bits per heavy atom. The van der Waals surface area contributed by atoms with Crippen LogP contribution in [-0.4, -0.2) is 13.1 Å². The molecule has 1 aromatic rings. The summed E-state index contributed by atoms with van der Waals surface area (Å²) in [4.78, 5) is 10.8. The van der Waals surface area contributed by atoms with Crippen molar-refractivity contribution in [2.75, 3.05) is 7.11 Å². The molecule has 0 N–H and O–H groups in total. The standard InChI is InChI=1S/C12H16O2/c1-10-5-3-6-11(9-10)7-4-8-12(13)14-2/h3,5-6,9H,4,7-8H2,1-2H3. The SMILES string of the molecule is COC(=O)CCCc1cccc(C)c1. The zero-order valence-corrected chi connectivity index (χ0v) is 8.75. The third kappa shape index (κ3) is 3.60. The summed E-state index contributed by atoms with van der Waals surface area (Å²) in [7, 11) is 1.43. The molecule has 0 aliphatic heterocycles. The van der Waals surface area contributed by atoms with Crippen molar-refractivity contribution < 1.29 is 9.53 Å². The Kier molecular flexibility index (Phi) is 4.17. The third-order valence-electron chi connectivity index (χ3n) is 2.16. The lowest BCUT2D eigenvalue weighted by Gasteiger charge is -2.01. The predicted molar refractivity (Wildman–Crippen MR) is 56.1 cm³/mol. The molecule has 14 heavy (non-hydrogen) atoms. The molecule has 2 nitrogen and oxygen atoms in total.